The zero-order chi connectivity index (χ0) is 11.6. The van der Waals surface area contributed by atoms with Gasteiger partial charge in [0.25, 0.3) is 0 Å². The number of rotatable bonds is 2. The normalized spacial score (nSPS) is 14.0. The third-order valence-corrected chi connectivity index (χ3v) is 2.95. The van der Waals surface area contributed by atoms with Crippen molar-refractivity contribution in [3.05, 3.63) is 34.9 Å². The first kappa shape index (κ1) is 12.3. The van der Waals surface area contributed by atoms with Gasteiger partial charge in [0, 0.05) is 12.5 Å². The average molecular weight is 206 g/mol. The molecule has 0 aliphatic rings. The summed E-state index contributed by atoms with van der Waals surface area (Å²) in [4.78, 5) is 0. The Morgan fingerprint density at radius 1 is 1.27 bits per heavy atom. The molecule has 0 saturated heterocycles. The summed E-state index contributed by atoms with van der Waals surface area (Å²) in [7, 11) is 0. The van der Waals surface area contributed by atoms with Crippen LogP contribution in [0.3, 0.4) is 0 Å². The van der Waals surface area contributed by atoms with Crippen molar-refractivity contribution >= 4 is 0 Å². The fourth-order valence-corrected chi connectivity index (χ4v) is 1.74. The summed E-state index contributed by atoms with van der Waals surface area (Å²) >= 11 is 0. The van der Waals surface area contributed by atoms with E-state index in [1.807, 2.05) is 0 Å². The molecule has 0 saturated carbocycles. The molecule has 0 fully saturated rings. The van der Waals surface area contributed by atoms with Gasteiger partial charge in [0.15, 0.2) is 0 Å². The van der Waals surface area contributed by atoms with Crippen molar-refractivity contribution in [1.82, 2.24) is 0 Å². The number of aliphatic hydroxyl groups is 1. The molecule has 1 aromatic carbocycles. The van der Waals surface area contributed by atoms with Crippen LogP contribution in [0.2, 0.25) is 0 Å². The van der Waals surface area contributed by atoms with Crippen molar-refractivity contribution in [1.29, 1.82) is 0 Å². The molecule has 1 rings (SSSR count). The Labute approximate surface area is 93.1 Å². The number of aliphatic hydroxyl groups excluding tert-OH is 1. The van der Waals surface area contributed by atoms with Gasteiger partial charge in [-0.25, -0.2) is 0 Å². The van der Waals surface area contributed by atoms with Gasteiger partial charge in [-0.2, -0.15) is 0 Å². The second-order valence-electron chi connectivity index (χ2n) is 5.40. The van der Waals surface area contributed by atoms with Gasteiger partial charge in [-0.3, -0.25) is 0 Å². The van der Waals surface area contributed by atoms with Crippen LogP contribution < -0.4 is 0 Å². The van der Waals surface area contributed by atoms with Gasteiger partial charge in [-0.05, 0) is 29.0 Å². The molecule has 0 aliphatic heterocycles. The molecule has 0 aromatic heterocycles. The monoisotopic (exact) mass is 206 g/mol. The number of benzene rings is 1. The molecular weight excluding hydrogens is 184 g/mol. The van der Waals surface area contributed by atoms with Gasteiger partial charge < -0.3 is 5.11 Å². The van der Waals surface area contributed by atoms with Gasteiger partial charge in [-0.1, -0.05) is 45.9 Å². The Morgan fingerprint density at radius 3 is 2.33 bits per heavy atom. The molecule has 84 valence electrons. The Balaban J connectivity index is 3.17. The van der Waals surface area contributed by atoms with E-state index in [0.29, 0.717) is 0 Å². The highest BCUT2D eigenvalue weighted by Gasteiger charge is 2.16. The standard InChI is InChI=1S/C14H22O/c1-10-6-7-12(14(3,4)5)8-13(10)11(2)9-15/h6-8,11,15H,9H2,1-5H3. The minimum atomic E-state index is 0.178. The average Bonchev–Trinajstić information content (AvgIpc) is 2.15. The molecular formula is C14H22O. The van der Waals surface area contributed by atoms with E-state index in [1.54, 1.807) is 0 Å². The first-order valence-corrected chi connectivity index (χ1v) is 5.58. The van der Waals surface area contributed by atoms with E-state index < -0.39 is 0 Å². The van der Waals surface area contributed by atoms with Gasteiger partial charge in [0.05, 0.1) is 0 Å². The maximum absolute atomic E-state index is 9.21. The van der Waals surface area contributed by atoms with Crippen LogP contribution in [-0.4, -0.2) is 11.7 Å². The molecule has 0 amide bonds. The number of hydrogen-bond acceptors (Lipinski definition) is 1. The maximum atomic E-state index is 9.21. The predicted octanol–water partition coefficient (Wildman–Crippen LogP) is 3.39. The minimum Gasteiger partial charge on any atom is -0.396 e. The van der Waals surface area contributed by atoms with Crippen LogP contribution in [0, 0.1) is 6.92 Å². The molecule has 1 N–H and O–H groups in total. The molecule has 0 aliphatic carbocycles. The summed E-state index contributed by atoms with van der Waals surface area (Å²) < 4.78 is 0. The molecule has 0 bridgehead atoms. The summed E-state index contributed by atoms with van der Waals surface area (Å²) in [6.07, 6.45) is 0. The van der Waals surface area contributed by atoms with E-state index >= 15 is 0 Å². The van der Waals surface area contributed by atoms with Crippen LogP contribution in [0.25, 0.3) is 0 Å². The van der Waals surface area contributed by atoms with Crippen molar-refractivity contribution in [3.8, 4) is 0 Å². The van der Waals surface area contributed by atoms with E-state index in [2.05, 4.69) is 52.8 Å². The Hall–Kier alpha value is -0.820. The summed E-state index contributed by atoms with van der Waals surface area (Å²) in [6.45, 7) is 11.0. The highest BCUT2D eigenvalue weighted by atomic mass is 16.3. The van der Waals surface area contributed by atoms with E-state index in [-0.39, 0.29) is 17.9 Å². The third-order valence-electron chi connectivity index (χ3n) is 2.95. The topological polar surface area (TPSA) is 20.2 Å². The largest absolute Gasteiger partial charge is 0.396 e. The fourth-order valence-electron chi connectivity index (χ4n) is 1.74. The lowest BCUT2D eigenvalue weighted by Gasteiger charge is -2.22. The highest BCUT2D eigenvalue weighted by Crippen LogP contribution is 2.27. The highest BCUT2D eigenvalue weighted by molar-refractivity contribution is 5.36. The van der Waals surface area contributed by atoms with E-state index in [4.69, 9.17) is 0 Å². The zero-order valence-electron chi connectivity index (χ0n) is 10.5. The van der Waals surface area contributed by atoms with Crippen LogP contribution in [0.4, 0.5) is 0 Å². The lowest BCUT2D eigenvalue weighted by atomic mass is 9.83. The predicted molar refractivity (Wildman–Crippen MR) is 65.4 cm³/mol. The minimum absolute atomic E-state index is 0.178. The van der Waals surface area contributed by atoms with E-state index in [1.165, 1.54) is 16.7 Å². The van der Waals surface area contributed by atoms with Crippen molar-refractivity contribution in [2.45, 2.75) is 46.0 Å². The molecule has 1 atom stereocenters. The Morgan fingerprint density at radius 2 is 1.87 bits per heavy atom. The number of aryl methyl sites for hydroxylation is 1. The molecule has 1 heteroatoms. The fraction of sp³-hybridized carbons (Fsp3) is 0.571. The molecule has 0 radical (unpaired) electrons. The van der Waals surface area contributed by atoms with Gasteiger partial charge in [-0.15, -0.1) is 0 Å². The van der Waals surface area contributed by atoms with Crippen LogP contribution in [-0.2, 0) is 5.41 Å². The van der Waals surface area contributed by atoms with E-state index in [0.717, 1.165) is 0 Å². The Bertz CT molecular complexity index is 334. The molecule has 0 heterocycles. The summed E-state index contributed by atoms with van der Waals surface area (Å²) in [5.74, 6) is 0.229. The third kappa shape index (κ3) is 2.82. The van der Waals surface area contributed by atoms with Crippen LogP contribution in [0.5, 0.6) is 0 Å². The lowest BCUT2D eigenvalue weighted by molar-refractivity contribution is 0.272. The quantitative estimate of drug-likeness (QED) is 0.786. The first-order chi connectivity index (χ1) is 6.86. The molecule has 15 heavy (non-hydrogen) atoms. The Kier molecular flexibility index (Phi) is 3.56. The summed E-state index contributed by atoms with van der Waals surface area (Å²) in [6, 6.07) is 6.57. The molecule has 1 nitrogen and oxygen atoms in total. The van der Waals surface area contributed by atoms with Gasteiger partial charge in [0.2, 0.25) is 0 Å². The second-order valence-corrected chi connectivity index (χ2v) is 5.40. The smallest absolute Gasteiger partial charge is 0.0497 e. The number of hydrogen-bond donors (Lipinski definition) is 1. The van der Waals surface area contributed by atoms with Crippen LogP contribution in [0.1, 0.15) is 50.3 Å². The van der Waals surface area contributed by atoms with Crippen molar-refractivity contribution in [2.24, 2.45) is 0 Å². The van der Waals surface area contributed by atoms with Crippen molar-refractivity contribution in [3.63, 3.8) is 0 Å². The molecule has 1 aromatic rings. The van der Waals surface area contributed by atoms with Crippen LogP contribution in [0.15, 0.2) is 18.2 Å². The first-order valence-electron chi connectivity index (χ1n) is 5.58. The van der Waals surface area contributed by atoms with E-state index in [9.17, 15) is 5.11 Å². The van der Waals surface area contributed by atoms with Crippen molar-refractivity contribution in [2.75, 3.05) is 6.61 Å². The zero-order valence-corrected chi connectivity index (χ0v) is 10.5. The lowest BCUT2D eigenvalue weighted by Crippen LogP contribution is -2.13. The SMILES string of the molecule is Cc1ccc(C(C)(C)C)cc1C(C)CO. The van der Waals surface area contributed by atoms with Crippen molar-refractivity contribution < 1.29 is 5.11 Å². The maximum Gasteiger partial charge on any atom is 0.0497 e. The molecule has 0 spiro atoms. The van der Waals surface area contributed by atoms with Gasteiger partial charge in [0.1, 0.15) is 0 Å². The summed E-state index contributed by atoms with van der Waals surface area (Å²) in [5.41, 5.74) is 4.05. The second kappa shape index (κ2) is 4.36. The van der Waals surface area contributed by atoms with Crippen LogP contribution >= 0.6 is 0 Å². The van der Waals surface area contributed by atoms with Gasteiger partial charge >= 0.3 is 0 Å². The molecule has 1 unspecified atom stereocenters. The summed E-state index contributed by atoms with van der Waals surface area (Å²) in [5, 5.41) is 9.21.